The molecule has 0 spiro atoms. The van der Waals surface area contributed by atoms with Crippen molar-refractivity contribution in [3.8, 4) is 5.75 Å². The molecule has 2 N–H and O–H groups in total. The highest BCUT2D eigenvalue weighted by molar-refractivity contribution is 6.42. The quantitative estimate of drug-likeness (QED) is 0.243. The van der Waals surface area contributed by atoms with Crippen molar-refractivity contribution in [2.24, 2.45) is 4.99 Å². The SMILES string of the molecule is CC(COc1ccc(C(C)(C)C)cc1C1CCCC1)OC(=O)Nc1ccc(Cl)c(N=C2CC(=O)N(c3c(Cl)cc(Cl)cc3Cl)N2)c1. The Bertz CT molecular complexity index is 1640. The van der Waals surface area contributed by atoms with Gasteiger partial charge in [-0.25, -0.2) is 14.8 Å². The Hall–Kier alpha value is -3.17. The first-order valence-corrected chi connectivity index (χ1v) is 16.7. The monoisotopic (exact) mass is 704 g/mol. The van der Waals surface area contributed by atoms with Gasteiger partial charge in [-0.15, -0.1) is 0 Å². The summed E-state index contributed by atoms with van der Waals surface area (Å²) >= 11 is 25.0. The van der Waals surface area contributed by atoms with Gasteiger partial charge < -0.3 is 9.47 Å². The second-order valence-corrected chi connectivity index (χ2v) is 14.3. The Morgan fingerprint density at radius 2 is 1.72 bits per heavy atom. The molecule has 12 heteroatoms. The van der Waals surface area contributed by atoms with Gasteiger partial charge in [-0.3, -0.25) is 15.5 Å². The van der Waals surface area contributed by atoms with E-state index >= 15 is 0 Å². The number of amides is 2. The van der Waals surface area contributed by atoms with Gasteiger partial charge in [-0.1, -0.05) is 92.1 Å². The van der Waals surface area contributed by atoms with E-state index in [4.69, 9.17) is 55.9 Å². The Balaban J connectivity index is 1.21. The van der Waals surface area contributed by atoms with Crippen LogP contribution in [0.2, 0.25) is 20.1 Å². The lowest BCUT2D eigenvalue weighted by atomic mass is 9.84. The maximum absolute atomic E-state index is 12.8. The molecule has 1 atom stereocenters. The minimum atomic E-state index is -0.650. The predicted octanol–water partition coefficient (Wildman–Crippen LogP) is 10.2. The molecule has 1 saturated heterocycles. The average molecular weight is 706 g/mol. The molecule has 1 heterocycles. The van der Waals surface area contributed by atoms with Crippen LogP contribution in [0, 0.1) is 0 Å². The Labute approximate surface area is 289 Å². The Kier molecular flexibility index (Phi) is 10.6. The van der Waals surface area contributed by atoms with E-state index in [0.29, 0.717) is 33.2 Å². The van der Waals surface area contributed by atoms with E-state index in [1.807, 2.05) is 6.07 Å². The number of hydrazine groups is 1. The first kappa shape index (κ1) is 34.2. The fraction of sp³-hybridized carbons (Fsp3) is 0.382. The molecule has 3 aromatic carbocycles. The smallest absolute Gasteiger partial charge is 0.412 e. The summed E-state index contributed by atoms with van der Waals surface area (Å²) in [4.78, 5) is 30.0. The van der Waals surface area contributed by atoms with E-state index in [9.17, 15) is 9.59 Å². The van der Waals surface area contributed by atoms with Crippen molar-refractivity contribution in [3.63, 3.8) is 0 Å². The molecule has 1 unspecified atom stereocenters. The van der Waals surface area contributed by atoms with Gasteiger partial charge in [-0.05, 0) is 78.6 Å². The molecular formula is C34H36Cl4N4O4. The van der Waals surface area contributed by atoms with Crippen LogP contribution < -0.4 is 20.5 Å². The fourth-order valence-corrected chi connectivity index (χ4v) is 6.69. The maximum Gasteiger partial charge on any atom is 0.412 e. The van der Waals surface area contributed by atoms with Crippen molar-refractivity contribution in [2.45, 2.75) is 77.2 Å². The Morgan fingerprint density at radius 3 is 2.39 bits per heavy atom. The molecule has 244 valence electrons. The summed E-state index contributed by atoms with van der Waals surface area (Å²) in [5.41, 5.74) is 6.48. The zero-order valence-electron chi connectivity index (χ0n) is 26.1. The van der Waals surface area contributed by atoms with Crippen LogP contribution in [0.25, 0.3) is 0 Å². The van der Waals surface area contributed by atoms with Gasteiger partial charge in [0.1, 0.15) is 30.0 Å². The second kappa shape index (κ2) is 14.3. The highest BCUT2D eigenvalue weighted by Crippen LogP contribution is 2.41. The molecule has 8 nitrogen and oxygen atoms in total. The number of carbonyl (C=O) groups excluding carboxylic acids is 2. The number of aliphatic imine (C=N–C) groups is 1. The normalized spacial score (nSPS) is 16.9. The van der Waals surface area contributed by atoms with Gasteiger partial charge in [0.25, 0.3) is 5.91 Å². The van der Waals surface area contributed by atoms with Gasteiger partial charge in [0, 0.05) is 10.7 Å². The lowest BCUT2D eigenvalue weighted by Crippen LogP contribution is -2.36. The summed E-state index contributed by atoms with van der Waals surface area (Å²) in [7, 11) is 0. The summed E-state index contributed by atoms with van der Waals surface area (Å²) in [6, 6.07) is 14.2. The summed E-state index contributed by atoms with van der Waals surface area (Å²) in [5.74, 6) is 1.31. The van der Waals surface area contributed by atoms with Crippen LogP contribution in [0.4, 0.5) is 21.9 Å². The average Bonchev–Trinajstić information content (AvgIpc) is 3.63. The molecule has 1 aliphatic heterocycles. The number of carbonyl (C=O) groups is 2. The molecule has 2 fully saturated rings. The highest BCUT2D eigenvalue weighted by Gasteiger charge is 2.31. The van der Waals surface area contributed by atoms with Crippen LogP contribution in [0.5, 0.6) is 5.75 Å². The summed E-state index contributed by atoms with van der Waals surface area (Å²) < 4.78 is 11.8. The second-order valence-electron chi connectivity index (χ2n) is 12.6. The van der Waals surface area contributed by atoms with Crippen molar-refractivity contribution in [1.82, 2.24) is 5.43 Å². The molecule has 3 aromatic rings. The molecule has 1 saturated carbocycles. The number of nitrogens with one attached hydrogen (secondary N) is 2. The summed E-state index contributed by atoms with van der Waals surface area (Å²) in [5, 5.41) is 5.00. The third-order valence-electron chi connectivity index (χ3n) is 7.91. The number of hydrogen-bond donors (Lipinski definition) is 2. The van der Waals surface area contributed by atoms with Crippen LogP contribution in [0.3, 0.4) is 0 Å². The number of hydrogen-bond acceptors (Lipinski definition) is 5. The fourth-order valence-electron chi connectivity index (χ4n) is 5.54. The number of amidine groups is 1. The van der Waals surface area contributed by atoms with E-state index < -0.39 is 12.2 Å². The van der Waals surface area contributed by atoms with E-state index in [1.54, 1.807) is 25.1 Å². The van der Waals surface area contributed by atoms with Crippen molar-refractivity contribution in [3.05, 3.63) is 79.7 Å². The zero-order chi connectivity index (χ0) is 33.2. The largest absolute Gasteiger partial charge is 0.489 e. The van der Waals surface area contributed by atoms with Gasteiger partial charge in [0.2, 0.25) is 0 Å². The topological polar surface area (TPSA) is 92.3 Å². The number of benzene rings is 3. The van der Waals surface area contributed by atoms with Crippen LogP contribution in [0.1, 0.15) is 76.8 Å². The summed E-state index contributed by atoms with van der Waals surface area (Å²) in [6.45, 7) is 8.62. The minimum Gasteiger partial charge on any atom is -0.489 e. The van der Waals surface area contributed by atoms with Gasteiger partial charge in [0.05, 0.1) is 27.2 Å². The van der Waals surface area contributed by atoms with Crippen LogP contribution in [-0.2, 0) is 14.9 Å². The third-order valence-corrected chi connectivity index (χ3v) is 9.03. The maximum atomic E-state index is 12.8. The van der Waals surface area contributed by atoms with Gasteiger partial charge in [-0.2, -0.15) is 0 Å². The first-order valence-electron chi connectivity index (χ1n) is 15.1. The Morgan fingerprint density at radius 1 is 1.02 bits per heavy atom. The van der Waals surface area contributed by atoms with Gasteiger partial charge in [0.15, 0.2) is 0 Å². The van der Waals surface area contributed by atoms with E-state index in [0.717, 1.165) is 18.6 Å². The predicted molar refractivity (Wildman–Crippen MR) is 187 cm³/mol. The van der Waals surface area contributed by atoms with Crippen LogP contribution in [-0.4, -0.2) is 30.5 Å². The standard InChI is InChI=1S/C34H36Cl4N4O4/c1-19(18-45-29-12-9-21(34(2,3)4)13-24(29)20-7-5-6-8-20)46-33(44)39-23-10-11-25(36)28(16-23)40-30-17-31(43)42(41-30)32-26(37)14-22(35)15-27(32)38/h9-16,19-20H,5-8,17-18H2,1-4H3,(H,39,44)(H,40,41). The van der Waals surface area contributed by atoms with E-state index in [-0.39, 0.29) is 40.1 Å². The lowest BCUT2D eigenvalue weighted by Gasteiger charge is -2.24. The third kappa shape index (κ3) is 8.21. The molecule has 2 amide bonds. The van der Waals surface area contributed by atoms with Crippen molar-refractivity contribution >= 4 is 81.3 Å². The first-order chi connectivity index (χ1) is 21.8. The number of nitrogens with zero attached hydrogens (tertiary/aromatic N) is 2. The van der Waals surface area contributed by atoms with Gasteiger partial charge >= 0.3 is 6.09 Å². The molecule has 2 aliphatic rings. The molecular weight excluding hydrogens is 670 g/mol. The molecule has 0 bridgehead atoms. The highest BCUT2D eigenvalue weighted by atomic mass is 35.5. The molecule has 0 aromatic heterocycles. The molecule has 5 rings (SSSR count). The van der Waals surface area contributed by atoms with Crippen LogP contribution >= 0.6 is 46.4 Å². The molecule has 0 radical (unpaired) electrons. The molecule has 46 heavy (non-hydrogen) atoms. The number of anilines is 2. The van der Waals surface area contributed by atoms with Crippen molar-refractivity contribution in [1.29, 1.82) is 0 Å². The number of halogens is 4. The van der Waals surface area contributed by atoms with Crippen molar-refractivity contribution in [2.75, 3.05) is 16.9 Å². The van der Waals surface area contributed by atoms with E-state index in [2.05, 4.69) is 48.6 Å². The molecule has 1 aliphatic carbocycles. The zero-order valence-corrected chi connectivity index (χ0v) is 29.1. The van der Waals surface area contributed by atoms with Crippen LogP contribution in [0.15, 0.2) is 53.5 Å². The lowest BCUT2D eigenvalue weighted by molar-refractivity contribution is -0.116. The number of ether oxygens (including phenoxy) is 2. The summed E-state index contributed by atoms with van der Waals surface area (Å²) in [6.07, 6.45) is 3.54. The number of rotatable bonds is 8. The van der Waals surface area contributed by atoms with E-state index in [1.165, 1.54) is 41.1 Å². The van der Waals surface area contributed by atoms with Crippen molar-refractivity contribution < 1.29 is 19.1 Å². The minimum absolute atomic E-state index is 0.0409.